The minimum absolute atomic E-state index is 0. The van der Waals surface area contributed by atoms with Gasteiger partial charge in [0.05, 0.1) is 27.3 Å². The van der Waals surface area contributed by atoms with Crippen molar-refractivity contribution >= 4 is 66.7 Å². The van der Waals surface area contributed by atoms with E-state index >= 15 is 0 Å². The average Bonchev–Trinajstić information content (AvgIpc) is 4.14. The van der Waals surface area contributed by atoms with Gasteiger partial charge >= 0.3 is 29.6 Å². The van der Waals surface area contributed by atoms with Crippen LogP contribution in [0.5, 0.6) is 0 Å². The molecule has 0 bridgehead atoms. The van der Waals surface area contributed by atoms with Gasteiger partial charge in [0.25, 0.3) is 10.0 Å². The smallest absolute Gasteiger partial charge is 0.488 e. The van der Waals surface area contributed by atoms with E-state index in [-0.39, 0.29) is 65.5 Å². The molecule has 0 radical (unpaired) electrons. The van der Waals surface area contributed by atoms with Gasteiger partial charge < -0.3 is 43.7 Å². The third kappa shape index (κ3) is 10.00. The number of aryl methyl sites for hydroxylation is 1. The van der Waals surface area contributed by atoms with Crippen molar-refractivity contribution in [2.75, 3.05) is 22.1 Å². The predicted octanol–water partition coefficient (Wildman–Crippen LogP) is 4.60. The van der Waals surface area contributed by atoms with Crippen molar-refractivity contribution in [1.82, 2.24) is 18.9 Å². The van der Waals surface area contributed by atoms with Crippen LogP contribution in [-0.2, 0) is 19.6 Å². The second-order valence-corrected chi connectivity index (χ2v) is 15.7. The molecule has 17 heteroatoms. The number of fused-ring (bicyclic) bond motifs is 2. The van der Waals surface area contributed by atoms with Gasteiger partial charge in [-0.25, -0.2) is 22.4 Å². The van der Waals surface area contributed by atoms with Crippen molar-refractivity contribution in [2.45, 2.75) is 44.9 Å². The molecule has 9 rings (SSSR count). The summed E-state index contributed by atoms with van der Waals surface area (Å²) < 4.78 is 28.2. The van der Waals surface area contributed by atoms with Crippen LogP contribution in [0.1, 0.15) is 38.7 Å². The molecule has 2 aliphatic rings. The number of nitrogens with two attached hydrogens (primary N) is 3. The van der Waals surface area contributed by atoms with Crippen LogP contribution < -0.4 is 57.5 Å². The summed E-state index contributed by atoms with van der Waals surface area (Å²) in [6.07, 6.45) is 10.6. The van der Waals surface area contributed by atoms with Crippen LogP contribution in [0.25, 0.3) is 49.6 Å². The molecule has 2 amide bonds. The Morgan fingerprint density at radius 2 is 1.31 bits per heavy atom. The zero-order valence-corrected chi connectivity index (χ0v) is 34.7. The number of benzene rings is 3. The maximum absolute atomic E-state index is 13.5. The zero-order valence-electron chi connectivity index (χ0n) is 31.9. The van der Waals surface area contributed by atoms with Crippen LogP contribution in [0, 0.1) is 18.8 Å². The molecule has 15 nitrogen and oxygen atoms in total. The maximum atomic E-state index is 13.5. The molecule has 0 unspecified atom stereocenters. The summed E-state index contributed by atoms with van der Waals surface area (Å²) in [5, 5.41) is 14.5. The van der Waals surface area contributed by atoms with Gasteiger partial charge in [0.2, 0.25) is 11.8 Å². The van der Waals surface area contributed by atoms with E-state index < -0.39 is 10.0 Å². The molecule has 2 saturated carbocycles. The van der Waals surface area contributed by atoms with Gasteiger partial charge in [0.1, 0.15) is 11.6 Å². The number of pyridine rings is 2. The molecule has 2 aliphatic carbocycles. The first kappa shape index (κ1) is 44.5. The number of nitrogens with zero attached hydrogens (tertiary/aromatic N) is 4. The van der Waals surface area contributed by atoms with Crippen LogP contribution in [-0.4, -0.2) is 44.4 Å². The maximum Gasteiger partial charge on any atom is 1.00 e. The number of carbonyl (C=O) groups is 2. The topological polar surface area (TPSA) is 251 Å². The summed E-state index contributed by atoms with van der Waals surface area (Å²) in [5.74, 6) is 5.30. The molecule has 0 saturated heterocycles. The molecular weight excluding hydrogens is 780 g/mol. The van der Waals surface area contributed by atoms with Crippen molar-refractivity contribution in [3.63, 3.8) is 0 Å². The van der Waals surface area contributed by atoms with E-state index in [1.165, 1.54) is 3.97 Å². The summed E-state index contributed by atoms with van der Waals surface area (Å²) in [6, 6.07) is 25.2. The Bertz CT molecular complexity index is 2710. The first-order chi connectivity index (χ1) is 27.5. The van der Waals surface area contributed by atoms with Crippen molar-refractivity contribution in [3.8, 4) is 22.3 Å². The van der Waals surface area contributed by atoms with E-state index in [0.717, 1.165) is 64.5 Å². The number of hydrogen-bond acceptors (Lipinski definition) is 10. The number of carbonyl (C=O) groups excluding carboxylic acids is 2. The van der Waals surface area contributed by atoms with Gasteiger partial charge in [-0.15, -0.1) is 0 Å². The SMILES string of the molecule is C.Cc1ccc(S(=O)(=O)n2cc(-c3ccnc(NC(=O)C4CC4)c3)c3cccc(N)c32)cc1.N[N-]O.Nc1cccc2c(-c3ccnc(NC(=O)C4CC4)c3)c[nH]c12.[Na+]. The standard InChI is InChI=1S/C24H22N4O3S.C17H16N4O.CH4.H3N2O.Na/c1-15-5-9-18(10-6-15)32(30,31)28-14-20(19-3-2-4-21(25)23(19)28)17-11-12-26-22(13-17)27-24(29)16-7-8-16;18-14-3-1-2-12-13(9-20-16(12)14)11-6-7-19-15(8-11)21-17(22)10-4-5-10;;1-2-3;/h2-6,9-14,16H,7-8,25H2,1H3,(H,26,27,29);1-3,6-10,20H,4-5,18H2,(H,19,21,22);1H4;3H,1H2;/q;;;-1;+1. The minimum atomic E-state index is -3.87. The van der Waals surface area contributed by atoms with E-state index in [2.05, 4.69) is 31.4 Å². The van der Waals surface area contributed by atoms with Gasteiger partial charge in [-0.2, -0.15) is 0 Å². The van der Waals surface area contributed by atoms with Crippen LogP contribution in [0.4, 0.5) is 23.0 Å². The summed E-state index contributed by atoms with van der Waals surface area (Å²) in [5.41, 5.74) is 21.1. The van der Waals surface area contributed by atoms with Crippen molar-refractivity contribution in [1.29, 1.82) is 0 Å². The summed E-state index contributed by atoms with van der Waals surface area (Å²) in [6.45, 7) is 1.90. The Morgan fingerprint density at radius 3 is 1.85 bits per heavy atom. The first-order valence-corrected chi connectivity index (χ1v) is 19.6. The molecule has 2 fully saturated rings. The Hall–Kier alpha value is -5.59. The number of aromatic nitrogens is 4. The largest absolute Gasteiger partial charge is 1.00 e. The number of rotatable bonds is 8. The van der Waals surface area contributed by atoms with Gasteiger partial charge in [0.15, 0.2) is 0 Å². The Morgan fingerprint density at radius 1 is 0.797 bits per heavy atom. The Kier molecular flexibility index (Phi) is 14.3. The molecule has 7 aromatic rings. The number of para-hydroxylation sites is 2. The zero-order chi connectivity index (χ0) is 40.3. The van der Waals surface area contributed by atoms with Gasteiger partial charge in [-0.05, 0) is 92.3 Å². The summed E-state index contributed by atoms with van der Waals surface area (Å²) in [4.78, 5) is 35.9. The fourth-order valence-corrected chi connectivity index (χ4v) is 7.81. The number of hydrogen-bond donors (Lipinski definition) is 7. The van der Waals surface area contributed by atoms with Gasteiger partial charge in [-0.3, -0.25) is 9.59 Å². The number of aromatic amines is 1. The van der Waals surface area contributed by atoms with Crippen LogP contribution in [0.15, 0.2) is 115 Å². The van der Waals surface area contributed by atoms with Crippen molar-refractivity contribution in [2.24, 2.45) is 17.7 Å². The third-order valence-corrected chi connectivity index (χ3v) is 11.4. The molecule has 10 N–H and O–H groups in total. The number of nitrogen functional groups attached to an aromatic ring is 2. The molecule has 4 heterocycles. The third-order valence-electron chi connectivity index (χ3n) is 9.69. The van der Waals surface area contributed by atoms with Crippen LogP contribution >= 0.6 is 0 Å². The van der Waals surface area contributed by atoms with Crippen molar-refractivity contribution in [3.05, 3.63) is 121 Å². The quantitative estimate of drug-likeness (QED) is 0.0485. The van der Waals surface area contributed by atoms with E-state index in [9.17, 15) is 18.0 Å². The Balaban J connectivity index is 0.000000215. The fraction of sp³-hybridized carbons (Fsp3) is 0.190. The second kappa shape index (κ2) is 19.0. The summed E-state index contributed by atoms with van der Waals surface area (Å²) in [7, 11) is -3.87. The molecule has 0 spiro atoms. The van der Waals surface area contributed by atoms with Gasteiger partial charge in [0, 0.05) is 58.5 Å². The molecule has 59 heavy (non-hydrogen) atoms. The van der Waals surface area contributed by atoms with Crippen molar-refractivity contribution < 1.29 is 52.8 Å². The van der Waals surface area contributed by atoms with Gasteiger partial charge in [-0.1, -0.05) is 49.4 Å². The minimum Gasteiger partial charge on any atom is -0.488 e. The van der Waals surface area contributed by atoms with E-state index in [1.54, 1.807) is 67.1 Å². The monoisotopic (exact) mass is 824 g/mol. The first-order valence-electron chi connectivity index (χ1n) is 18.1. The number of H-pyrrole nitrogens is 1. The second-order valence-electron chi connectivity index (χ2n) is 13.9. The fourth-order valence-electron chi connectivity index (χ4n) is 6.42. The number of amides is 2. The molecular formula is C42H45N10NaO5S. The normalized spacial score (nSPS) is 13.1. The van der Waals surface area contributed by atoms with Crippen LogP contribution in [0.3, 0.4) is 0 Å². The van der Waals surface area contributed by atoms with E-state index in [4.69, 9.17) is 16.7 Å². The molecule has 3 aromatic carbocycles. The van der Waals surface area contributed by atoms with E-state index in [0.29, 0.717) is 33.8 Å². The average molecular weight is 825 g/mol. The Labute approximate surface area is 364 Å². The number of anilines is 4. The number of nitrogens with one attached hydrogen (secondary N) is 3. The molecule has 0 atom stereocenters. The molecule has 4 aromatic heterocycles. The van der Waals surface area contributed by atoms with Crippen LogP contribution in [0.2, 0.25) is 0 Å². The predicted molar refractivity (Wildman–Crippen MR) is 228 cm³/mol. The molecule has 300 valence electrons. The summed E-state index contributed by atoms with van der Waals surface area (Å²) >= 11 is 0. The molecule has 0 aliphatic heterocycles. The van der Waals surface area contributed by atoms with E-state index in [1.807, 2.05) is 55.1 Å².